The van der Waals surface area contributed by atoms with Gasteiger partial charge in [-0.05, 0) is 0 Å². The highest BCUT2D eigenvalue weighted by Gasteiger charge is 2.08. The average molecular weight is 172 g/mol. The lowest BCUT2D eigenvalue weighted by Gasteiger charge is -1.99. The van der Waals surface area contributed by atoms with Gasteiger partial charge in [0, 0.05) is 6.07 Å². The normalized spacial score (nSPS) is 9.75. The van der Waals surface area contributed by atoms with Gasteiger partial charge < -0.3 is 9.63 Å². The van der Waals surface area contributed by atoms with Gasteiger partial charge in [-0.25, -0.2) is 5.48 Å². The lowest BCUT2D eigenvalue weighted by atomic mass is 10.4. The molecule has 0 aliphatic rings. The van der Waals surface area contributed by atoms with E-state index in [1.165, 1.54) is 12.3 Å². The summed E-state index contributed by atoms with van der Waals surface area (Å²) in [5.74, 6) is -0.464. The molecule has 0 aliphatic carbocycles. The molecule has 0 bridgehead atoms. The first-order chi connectivity index (χ1) is 5.84. The van der Waals surface area contributed by atoms with Gasteiger partial charge in [-0.2, -0.15) is 0 Å². The van der Waals surface area contributed by atoms with E-state index in [0.717, 1.165) is 0 Å². The van der Waals surface area contributed by atoms with Crippen LogP contribution >= 0.6 is 0 Å². The van der Waals surface area contributed by atoms with Gasteiger partial charge in [-0.15, -0.1) is 0 Å². The van der Waals surface area contributed by atoms with Crippen molar-refractivity contribution in [1.82, 2.24) is 10.6 Å². The highest BCUT2D eigenvalue weighted by Crippen LogP contribution is 1.94. The van der Waals surface area contributed by atoms with Gasteiger partial charge >= 0.3 is 5.91 Å². The van der Waals surface area contributed by atoms with Crippen molar-refractivity contribution in [3.8, 4) is 0 Å². The molecular formula is C6H8N2O4. The molecule has 0 atom stereocenters. The minimum atomic E-state index is -0.527. The summed E-state index contributed by atoms with van der Waals surface area (Å²) < 4.78 is 4.52. The van der Waals surface area contributed by atoms with Crippen molar-refractivity contribution in [2.75, 3.05) is 13.2 Å². The molecule has 0 aromatic carbocycles. The monoisotopic (exact) mass is 172 g/mol. The molecule has 0 radical (unpaired) electrons. The van der Waals surface area contributed by atoms with E-state index in [1.54, 1.807) is 0 Å². The van der Waals surface area contributed by atoms with Crippen LogP contribution in [0, 0.1) is 0 Å². The van der Waals surface area contributed by atoms with Crippen LogP contribution in [0.3, 0.4) is 0 Å². The number of aliphatic hydroxyl groups excluding tert-OH is 1. The number of carbonyl (C=O) groups is 1. The smallest absolute Gasteiger partial charge is 0.313 e. The number of carbonyl (C=O) groups excluding carboxylic acids is 1. The summed E-state index contributed by atoms with van der Waals surface area (Å²) in [6.45, 7) is -0.115. The molecule has 0 saturated heterocycles. The Balaban J connectivity index is 2.30. The second kappa shape index (κ2) is 4.47. The van der Waals surface area contributed by atoms with Crippen LogP contribution in [-0.4, -0.2) is 29.4 Å². The number of nitrogens with one attached hydrogen (secondary N) is 1. The van der Waals surface area contributed by atoms with Crippen molar-refractivity contribution in [2.45, 2.75) is 0 Å². The quantitative estimate of drug-likeness (QED) is 0.464. The third kappa shape index (κ3) is 2.33. The second-order valence-electron chi connectivity index (χ2n) is 1.88. The number of aromatic nitrogens is 1. The lowest BCUT2D eigenvalue weighted by molar-refractivity contribution is 0.0145. The molecule has 6 nitrogen and oxygen atoms in total. The summed E-state index contributed by atoms with van der Waals surface area (Å²) >= 11 is 0. The first-order valence-corrected chi connectivity index (χ1v) is 3.28. The molecule has 1 amide bonds. The van der Waals surface area contributed by atoms with E-state index in [1.807, 2.05) is 0 Å². The Bertz CT molecular complexity index is 234. The first kappa shape index (κ1) is 8.69. The average Bonchev–Trinajstić information content (AvgIpc) is 2.56. The standard InChI is InChI=1S/C6H8N2O4/c9-3-4-11-8-6(10)5-1-2-7-12-5/h1-2,9H,3-4H2,(H,8,10). The van der Waals surface area contributed by atoms with Crippen LogP contribution in [0.1, 0.15) is 10.6 Å². The van der Waals surface area contributed by atoms with E-state index in [4.69, 9.17) is 5.11 Å². The molecule has 1 rings (SSSR count). The Hall–Kier alpha value is -1.40. The Morgan fingerprint density at radius 1 is 1.83 bits per heavy atom. The van der Waals surface area contributed by atoms with Gasteiger partial charge in [-0.1, -0.05) is 5.16 Å². The fourth-order valence-corrected chi connectivity index (χ4v) is 0.545. The number of nitrogens with zero attached hydrogens (tertiary/aromatic N) is 1. The molecular weight excluding hydrogens is 164 g/mol. The molecule has 0 saturated carbocycles. The first-order valence-electron chi connectivity index (χ1n) is 3.28. The van der Waals surface area contributed by atoms with Gasteiger partial charge in [-0.3, -0.25) is 9.63 Å². The highest BCUT2D eigenvalue weighted by molar-refractivity contribution is 5.90. The minimum absolute atomic E-state index is 0.0415. The van der Waals surface area contributed by atoms with Crippen LogP contribution < -0.4 is 5.48 Å². The van der Waals surface area contributed by atoms with Gasteiger partial charge in [0.1, 0.15) is 0 Å². The number of aliphatic hydroxyl groups is 1. The molecule has 12 heavy (non-hydrogen) atoms. The van der Waals surface area contributed by atoms with Crippen molar-refractivity contribution in [1.29, 1.82) is 0 Å². The Kier molecular flexibility index (Phi) is 3.24. The molecule has 0 fully saturated rings. The minimum Gasteiger partial charge on any atom is -0.394 e. The number of rotatable bonds is 4. The third-order valence-corrected chi connectivity index (χ3v) is 1.02. The molecule has 0 unspecified atom stereocenters. The lowest BCUT2D eigenvalue weighted by Crippen LogP contribution is -2.24. The van der Waals surface area contributed by atoms with E-state index in [2.05, 4.69) is 20.0 Å². The van der Waals surface area contributed by atoms with Gasteiger partial charge in [0.2, 0.25) is 5.76 Å². The van der Waals surface area contributed by atoms with Crippen LogP contribution in [-0.2, 0) is 4.84 Å². The molecule has 6 heteroatoms. The largest absolute Gasteiger partial charge is 0.394 e. The Morgan fingerprint density at radius 2 is 2.67 bits per heavy atom. The van der Waals surface area contributed by atoms with Crippen LogP contribution in [0.4, 0.5) is 0 Å². The summed E-state index contributed by atoms with van der Waals surface area (Å²) in [5, 5.41) is 11.6. The summed E-state index contributed by atoms with van der Waals surface area (Å²) in [5.41, 5.74) is 2.05. The molecule has 2 N–H and O–H groups in total. The van der Waals surface area contributed by atoms with Crippen LogP contribution in [0.5, 0.6) is 0 Å². The summed E-state index contributed by atoms with van der Waals surface area (Å²) in [6.07, 6.45) is 1.35. The van der Waals surface area contributed by atoms with E-state index in [0.29, 0.717) is 0 Å². The second-order valence-corrected chi connectivity index (χ2v) is 1.88. The molecule has 1 heterocycles. The topological polar surface area (TPSA) is 84.6 Å². The third-order valence-electron chi connectivity index (χ3n) is 1.02. The predicted octanol–water partition coefficient (Wildman–Crippen LogP) is -0.672. The van der Waals surface area contributed by atoms with Gasteiger partial charge in [0.15, 0.2) is 0 Å². The zero-order valence-corrected chi connectivity index (χ0v) is 6.19. The maximum atomic E-state index is 10.9. The number of hydrogen-bond acceptors (Lipinski definition) is 5. The van der Waals surface area contributed by atoms with E-state index in [9.17, 15) is 4.79 Å². The Morgan fingerprint density at radius 3 is 3.25 bits per heavy atom. The zero-order valence-electron chi connectivity index (χ0n) is 6.19. The molecule has 1 aromatic heterocycles. The number of hydrogen-bond donors (Lipinski definition) is 2. The summed E-state index contributed by atoms with van der Waals surface area (Å²) in [4.78, 5) is 15.5. The fourth-order valence-electron chi connectivity index (χ4n) is 0.545. The maximum Gasteiger partial charge on any atom is 0.313 e. The zero-order chi connectivity index (χ0) is 8.81. The van der Waals surface area contributed by atoms with Crippen molar-refractivity contribution in [3.05, 3.63) is 18.0 Å². The molecule has 0 spiro atoms. The highest BCUT2D eigenvalue weighted by atomic mass is 16.7. The van der Waals surface area contributed by atoms with Gasteiger partial charge in [0.05, 0.1) is 19.4 Å². The number of hydroxylamine groups is 1. The number of amides is 1. The van der Waals surface area contributed by atoms with Crippen LogP contribution in [0.25, 0.3) is 0 Å². The van der Waals surface area contributed by atoms with Gasteiger partial charge in [0.25, 0.3) is 0 Å². The molecule has 66 valence electrons. The predicted molar refractivity (Wildman–Crippen MR) is 37.0 cm³/mol. The Labute approximate surface area is 68.1 Å². The van der Waals surface area contributed by atoms with Crippen LogP contribution in [0.15, 0.2) is 16.8 Å². The summed E-state index contributed by atoms with van der Waals surface area (Å²) in [6, 6.07) is 1.40. The summed E-state index contributed by atoms with van der Waals surface area (Å²) in [7, 11) is 0. The van der Waals surface area contributed by atoms with Crippen molar-refractivity contribution < 1.29 is 19.3 Å². The van der Waals surface area contributed by atoms with Crippen molar-refractivity contribution in [2.24, 2.45) is 0 Å². The fraction of sp³-hybridized carbons (Fsp3) is 0.333. The molecule has 1 aromatic rings. The molecule has 0 aliphatic heterocycles. The van der Waals surface area contributed by atoms with E-state index >= 15 is 0 Å². The van der Waals surface area contributed by atoms with Crippen LogP contribution in [0.2, 0.25) is 0 Å². The van der Waals surface area contributed by atoms with Crippen molar-refractivity contribution >= 4 is 5.91 Å². The SMILES string of the molecule is O=C(NOCCO)c1ccno1. The van der Waals surface area contributed by atoms with E-state index < -0.39 is 5.91 Å². The van der Waals surface area contributed by atoms with Crippen molar-refractivity contribution in [3.63, 3.8) is 0 Å². The van der Waals surface area contributed by atoms with E-state index in [-0.39, 0.29) is 19.0 Å². The maximum absolute atomic E-state index is 10.9.